The molecule has 0 aliphatic carbocycles. The number of hydrogen-bond acceptors (Lipinski definition) is 8. The number of benzene rings is 4. The molecule has 10 nitrogen and oxygen atoms in total. The van der Waals surface area contributed by atoms with Crippen LogP contribution < -0.4 is 0 Å². The van der Waals surface area contributed by atoms with Crippen molar-refractivity contribution in [2.75, 3.05) is 39.3 Å². The van der Waals surface area contributed by atoms with Gasteiger partial charge in [0.1, 0.15) is 0 Å². The Kier molecular flexibility index (Phi) is 17.5. The van der Waals surface area contributed by atoms with E-state index in [9.17, 15) is 9.59 Å². The van der Waals surface area contributed by atoms with Crippen LogP contribution in [-0.2, 0) is 35.3 Å². The molecule has 4 heterocycles. The quantitative estimate of drug-likeness (QED) is 0.102. The van der Waals surface area contributed by atoms with E-state index in [0.29, 0.717) is 12.2 Å². The molecule has 0 spiro atoms. The van der Waals surface area contributed by atoms with E-state index >= 15 is 0 Å². The van der Waals surface area contributed by atoms with Crippen molar-refractivity contribution in [3.63, 3.8) is 0 Å². The minimum absolute atomic E-state index is 0.558. The van der Waals surface area contributed by atoms with Gasteiger partial charge >= 0.3 is 11.9 Å². The highest BCUT2D eigenvalue weighted by Crippen LogP contribution is 2.29. The Morgan fingerprint density at radius 1 is 0.583 bits per heavy atom. The summed E-state index contributed by atoms with van der Waals surface area (Å²) in [5.41, 5.74) is 6.87. The first kappa shape index (κ1) is 44.9. The molecule has 2 aliphatic heterocycles. The van der Waals surface area contributed by atoms with Crippen molar-refractivity contribution < 1.29 is 28.8 Å². The van der Waals surface area contributed by atoms with Crippen molar-refractivity contribution in [3.05, 3.63) is 141 Å². The summed E-state index contributed by atoms with van der Waals surface area (Å²) in [6, 6.07) is 34.0. The summed E-state index contributed by atoms with van der Waals surface area (Å²) in [5.74, 6) is -0.893. The van der Waals surface area contributed by atoms with E-state index in [0.717, 1.165) is 79.8 Å². The highest BCUT2D eigenvalue weighted by molar-refractivity contribution is 9.10. The standard InChI is InChI=1S/2C22H25BrN2O.C4H4O4/c2*23-19-7-8-20-21(24-26-22(20)16-19)9-6-18-11-14-25(15-12-18)13-10-17-4-2-1-3-5-17;5-3(6)1-2-4(7)8/h2*1-5,7-8,16,18H,6,9-15H2;1-2H,(H,5,6)(H,7,8)/b;;2-1-. The first-order valence-corrected chi connectivity index (χ1v) is 22.5. The molecule has 12 heteroatoms. The van der Waals surface area contributed by atoms with Gasteiger partial charge in [0.15, 0.2) is 11.2 Å². The monoisotopic (exact) mass is 940 g/mol. The number of piperidine rings is 2. The summed E-state index contributed by atoms with van der Waals surface area (Å²) in [5, 5.41) is 26.5. The molecule has 2 N–H and O–H groups in total. The van der Waals surface area contributed by atoms with Crippen molar-refractivity contribution in [2.45, 2.75) is 64.2 Å². The van der Waals surface area contributed by atoms with Crippen LogP contribution in [0.3, 0.4) is 0 Å². The van der Waals surface area contributed by atoms with Crippen LogP contribution in [0.25, 0.3) is 21.9 Å². The molecular formula is C48H54Br2N4O6. The number of carbonyl (C=O) groups is 2. The molecule has 2 fully saturated rings. The predicted molar refractivity (Wildman–Crippen MR) is 243 cm³/mol. The van der Waals surface area contributed by atoms with Crippen LogP contribution in [0.2, 0.25) is 0 Å². The second-order valence-electron chi connectivity index (χ2n) is 15.7. The average Bonchev–Trinajstić information content (AvgIpc) is 3.87. The lowest BCUT2D eigenvalue weighted by atomic mass is 9.91. The lowest BCUT2D eigenvalue weighted by Crippen LogP contribution is -2.35. The third-order valence-corrected chi connectivity index (χ3v) is 12.5. The van der Waals surface area contributed by atoms with Crippen LogP contribution in [0.4, 0.5) is 0 Å². The van der Waals surface area contributed by atoms with Crippen molar-refractivity contribution >= 4 is 65.7 Å². The molecule has 6 aromatic rings. The maximum absolute atomic E-state index is 9.55. The lowest BCUT2D eigenvalue weighted by Gasteiger charge is -2.31. The molecule has 2 aliphatic rings. The summed E-state index contributed by atoms with van der Waals surface area (Å²) in [4.78, 5) is 24.3. The molecule has 0 atom stereocenters. The molecule has 4 aromatic carbocycles. The van der Waals surface area contributed by atoms with Crippen LogP contribution in [0.15, 0.2) is 127 Å². The second-order valence-corrected chi connectivity index (χ2v) is 17.5. The van der Waals surface area contributed by atoms with Gasteiger partial charge in [-0.05, 0) is 150 Å². The number of hydrogen-bond donors (Lipinski definition) is 2. The second kappa shape index (κ2) is 23.4. The Balaban J connectivity index is 0.000000171. The first-order valence-electron chi connectivity index (χ1n) is 20.9. The fourth-order valence-corrected chi connectivity index (χ4v) is 8.65. The van der Waals surface area contributed by atoms with Gasteiger partial charge < -0.3 is 29.1 Å². The third kappa shape index (κ3) is 14.5. The van der Waals surface area contributed by atoms with E-state index in [1.807, 2.05) is 12.1 Å². The fourth-order valence-electron chi connectivity index (χ4n) is 7.97. The molecule has 8 rings (SSSR count). The first-order chi connectivity index (χ1) is 29.2. The van der Waals surface area contributed by atoms with E-state index in [4.69, 9.17) is 19.3 Å². The van der Waals surface area contributed by atoms with Gasteiger partial charge in [0.2, 0.25) is 0 Å². The van der Waals surface area contributed by atoms with Gasteiger partial charge in [0.25, 0.3) is 0 Å². The molecule has 316 valence electrons. The van der Waals surface area contributed by atoms with Crippen LogP contribution in [0.5, 0.6) is 0 Å². The summed E-state index contributed by atoms with van der Waals surface area (Å²) < 4.78 is 13.0. The fraction of sp³-hybridized carbons (Fsp3) is 0.375. The molecule has 0 amide bonds. The van der Waals surface area contributed by atoms with E-state index in [1.54, 1.807) is 0 Å². The number of fused-ring (bicyclic) bond motifs is 2. The molecule has 0 radical (unpaired) electrons. The van der Waals surface area contributed by atoms with Gasteiger partial charge in [0, 0.05) is 45.0 Å². The third-order valence-electron chi connectivity index (χ3n) is 11.5. The molecular weight excluding hydrogens is 888 g/mol. The van der Waals surface area contributed by atoms with Gasteiger partial charge in [-0.15, -0.1) is 0 Å². The topological polar surface area (TPSA) is 133 Å². The molecule has 60 heavy (non-hydrogen) atoms. The Morgan fingerprint density at radius 2 is 0.967 bits per heavy atom. The van der Waals surface area contributed by atoms with Crippen molar-refractivity contribution in [1.29, 1.82) is 0 Å². The van der Waals surface area contributed by atoms with Gasteiger partial charge in [-0.3, -0.25) is 0 Å². The molecule has 0 unspecified atom stereocenters. The molecule has 0 saturated carbocycles. The summed E-state index contributed by atoms with van der Waals surface area (Å²) in [6.45, 7) is 7.26. The van der Waals surface area contributed by atoms with Crippen LogP contribution >= 0.6 is 31.9 Å². The molecule has 0 bridgehead atoms. The van der Waals surface area contributed by atoms with E-state index in [2.05, 4.69) is 137 Å². The van der Waals surface area contributed by atoms with E-state index in [1.165, 1.54) is 88.9 Å². The Bertz CT molecular complexity index is 2100. The van der Waals surface area contributed by atoms with Crippen molar-refractivity contribution in [2.24, 2.45) is 11.8 Å². The zero-order valence-corrected chi connectivity index (χ0v) is 37.1. The van der Waals surface area contributed by atoms with E-state index < -0.39 is 11.9 Å². The van der Waals surface area contributed by atoms with Gasteiger partial charge in [-0.25, -0.2) is 9.59 Å². The van der Waals surface area contributed by atoms with Crippen LogP contribution in [-0.4, -0.2) is 81.5 Å². The molecule has 2 saturated heterocycles. The van der Waals surface area contributed by atoms with E-state index in [-0.39, 0.29) is 0 Å². The van der Waals surface area contributed by atoms with Gasteiger partial charge in [-0.2, -0.15) is 0 Å². The number of carboxylic acid groups (broad SMARTS) is 2. The number of aliphatic carboxylic acids is 2. The zero-order valence-electron chi connectivity index (χ0n) is 33.9. The Morgan fingerprint density at radius 3 is 1.33 bits per heavy atom. The lowest BCUT2D eigenvalue weighted by molar-refractivity contribution is -0.134. The minimum atomic E-state index is -1.26. The summed E-state index contributed by atoms with van der Waals surface area (Å²) in [7, 11) is 0. The summed E-state index contributed by atoms with van der Waals surface area (Å²) in [6.07, 6.45) is 13.1. The largest absolute Gasteiger partial charge is 0.478 e. The normalized spacial score (nSPS) is 15.4. The number of nitrogens with zero attached hydrogens (tertiary/aromatic N) is 4. The van der Waals surface area contributed by atoms with Crippen LogP contribution in [0, 0.1) is 11.8 Å². The Hall–Kier alpha value is -4.62. The van der Waals surface area contributed by atoms with Crippen molar-refractivity contribution in [3.8, 4) is 0 Å². The highest BCUT2D eigenvalue weighted by Gasteiger charge is 2.21. The summed E-state index contributed by atoms with van der Waals surface area (Å²) >= 11 is 6.97. The number of aromatic nitrogens is 2. The average molecular weight is 943 g/mol. The number of likely N-dealkylation sites (tertiary alicyclic amines) is 2. The number of rotatable bonds is 14. The van der Waals surface area contributed by atoms with Gasteiger partial charge in [0.05, 0.1) is 11.4 Å². The number of aryl methyl sites for hydroxylation is 2. The van der Waals surface area contributed by atoms with Gasteiger partial charge in [-0.1, -0.05) is 103 Å². The SMILES string of the molecule is Brc1ccc2c(CCC3CCN(CCc4ccccc4)CC3)noc2c1.Brc1ccc2c(CCC3CCN(CCc4ccccc4)CC3)noc2c1.O=C(O)/C=C\C(=O)O. The predicted octanol–water partition coefficient (Wildman–Crippen LogP) is 10.7. The number of carboxylic acids is 2. The smallest absolute Gasteiger partial charge is 0.328 e. The zero-order chi connectivity index (χ0) is 42.1. The minimum Gasteiger partial charge on any atom is -0.478 e. The number of halogens is 2. The highest BCUT2D eigenvalue weighted by atomic mass is 79.9. The van der Waals surface area contributed by atoms with Crippen molar-refractivity contribution in [1.82, 2.24) is 20.1 Å². The maximum atomic E-state index is 9.55. The molecule has 2 aromatic heterocycles. The van der Waals surface area contributed by atoms with Crippen LogP contribution in [0.1, 0.15) is 61.0 Å². The maximum Gasteiger partial charge on any atom is 0.328 e. The Labute approximate surface area is 368 Å².